The van der Waals surface area contributed by atoms with E-state index in [2.05, 4.69) is 10.3 Å². The van der Waals surface area contributed by atoms with Gasteiger partial charge < -0.3 is 20.1 Å². The third-order valence-electron chi connectivity index (χ3n) is 1.79. The highest BCUT2D eigenvalue weighted by Gasteiger charge is 2.20. The molecule has 3 N–H and O–H groups in total. The summed E-state index contributed by atoms with van der Waals surface area (Å²) in [5, 5.41) is 20.2. The second-order valence-corrected chi connectivity index (χ2v) is 2.83. The van der Waals surface area contributed by atoms with E-state index in [0.29, 0.717) is 11.6 Å². The van der Waals surface area contributed by atoms with Gasteiger partial charge in [-0.3, -0.25) is 4.79 Å². The van der Waals surface area contributed by atoms with E-state index in [1.807, 2.05) is 0 Å². The molecule has 0 spiro atoms. The first-order valence-electron chi connectivity index (χ1n) is 3.95. The van der Waals surface area contributed by atoms with Crippen LogP contribution >= 0.6 is 0 Å². The van der Waals surface area contributed by atoms with Crippen LogP contribution in [0.4, 0.5) is 5.82 Å². The van der Waals surface area contributed by atoms with E-state index in [1.54, 1.807) is 0 Å². The molecule has 0 saturated heterocycles. The lowest BCUT2D eigenvalue weighted by atomic mass is 9.81. The third kappa shape index (κ3) is 1.55. The first-order valence-corrected chi connectivity index (χ1v) is 3.95. The molecule has 0 unspecified atom stereocenters. The van der Waals surface area contributed by atoms with E-state index in [-0.39, 0.29) is 18.0 Å². The number of nitrogens with zero attached hydrogens (tertiary/aromatic N) is 1. The molecule has 0 bridgehead atoms. The highest BCUT2D eigenvalue weighted by atomic mass is 16.5. The molecule has 1 aromatic heterocycles. The SMILES string of the molecule is O=C1COc2cc(B(O)O)cnc2N1. The third-order valence-corrected chi connectivity index (χ3v) is 1.79. The van der Waals surface area contributed by atoms with Gasteiger partial charge in [-0.15, -0.1) is 0 Å². The largest absolute Gasteiger partial charge is 0.490 e. The zero-order chi connectivity index (χ0) is 10.1. The monoisotopic (exact) mass is 194 g/mol. The number of fused-ring (bicyclic) bond motifs is 1. The molecular weight excluding hydrogens is 187 g/mol. The molecule has 1 aliphatic rings. The molecule has 6 nitrogen and oxygen atoms in total. The zero-order valence-electron chi connectivity index (χ0n) is 7.10. The molecule has 1 amide bonds. The van der Waals surface area contributed by atoms with Gasteiger partial charge in [-0.2, -0.15) is 0 Å². The minimum absolute atomic E-state index is 0.0837. The average molecular weight is 194 g/mol. The molecule has 2 rings (SSSR count). The molecule has 0 aromatic carbocycles. The summed E-state index contributed by atoms with van der Waals surface area (Å²) in [4.78, 5) is 14.7. The summed E-state index contributed by atoms with van der Waals surface area (Å²) in [5.41, 5.74) is 0.222. The van der Waals surface area contributed by atoms with Crippen LogP contribution in [0.2, 0.25) is 0 Å². The lowest BCUT2D eigenvalue weighted by Gasteiger charge is -2.17. The molecule has 1 aliphatic heterocycles. The number of nitrogens with one attached hydrogen (secondary N) is 1. The molecule has 14 heavy (non-hydrogen) atoms. The second kappa shape index (κ2) is 3.28. The Labute approximate surface area is 79.7 Å². The summed E-state index contributed by atoms with van der Waals surface area (Å²) in [6, 6.07) is 1.42. The van der Waals surface area contributed by atoms with E-state index >= 15 is 0 Å². The van der Waals surface area contributed by atoms with Gasteiger partial charge in [0.1, 0.15) is 0 Å². The van der Waals surface area contributed by atoms with Crippen LogP contribution in [0, 0.1) is 0 Å². The number of pyridine rings is 1. The van der Waals surface area contributed by atoms with Crippen molar-refractivity contribution in [3.05, 3.63) is 12.3 Å². The first kappa shape index (κ1) is 8.98. The lowest BCUT2D eigenvalue weighted by molar-refractivity contribution is -0.118. The predicted molar refractivity (Wildman–Crippen MR) is 48.2 cm³/mol. The van der Waals surface area contributed by atoms with Crippen molar-refractivity contribution in [1.29, 1.82) is 0 Å². The van der Waals surface area contributed by atoms with Crippen molar-refractivity contribution < 1.29 is 19.6 Å². The number of aromatic nitrogens is 1. The number of amides is 1. The minimum atomic E-state index is -1.59. The van der Waals surface area contributed by atoms with Crippen LogP contribution in [0.25, 0.3) is 0 Å². The minimum Gasteiger partial charge on any atom is -0.480 e. The van der Waals surface area contributed by atoms with Gasteiger partial charge in [0.25, 0.3) is 5.91 Å². The van der Waals surface area contributed by atoms with Gasteiger partial charge in [-0.05, 0) is 6.07 Å². The van der Waals surface area contributed by atoms with Gasteiger partial charge in [0.15, 0.2) is 18.2 Å². The maximum Gasteiger partial charge on any atom is 0.490 e. The van der Waals surface area contributed by atoms with Crippen molar-refractivity contribution in [2.45, 2.75) is 0 Å². The number of rotatable bonds is 1. The average Bonchev–Trinajstić information content (AvgIpc) is 2.16. The Morgan fingerprint density at radius 2 is 2.36 bits per heavy atom. The Morgan fingerprint density at radius 3 is 3.07 bits per heavy atom. The van der Waals surface area contributed by atoms with Crippen LogP contribution in [-0.2, 0) is 4.79 Å². The Bertz CT molecular complexity index is 382. The van der Waals surface area contributed by atoms with Crippen molar-refractivity contribution in [1.82, 2.24) is 4.98 Å². The predicted octanol–water partition coefficient (Wildman–Crippen LogP) is -1.91. The van der Waals surface area contributed by atoms with E-state index in [9.17, 15) is 4.79 Å². The number of hydrogen-bond acceptors (Lipinski definition) is 5. The molecule has 0 saturated carbocycles. The van der Waals surface area contributed by atoms with E-state index < -0.39 is 7.12 Å². The van der Waals surface area contributed by atoms with Crippen molar-refractivity contribution >= 4 is 24.3 Å². The van der Waals surface area contributed by atoms with Gasteiger partial charge in [0.2, 0.25) is 0 Å². The summed E-state index contributed by atoms with van der Waals surface area (Å²) in [7, 11) is -1.59. The molecular formula is C7H7BN2O4. The van der Waals surface area contributed by atoms with Crippen molar-refractivity contribution in [3.8, 4) is 5.75 Å². The molecule has 72 valence electrons. The fourth-order valence-electron chi connectivity index (χ4n) is 1.12. The summed E-state index contributed by atoms with van der Waals surface area (Å²) in [6.07, 6.45) is 1.26. The maximum atomic E-state index is 10.9. The van der Waals surface area contributed by atoms with Crippen LogP contribution < -0.4 is 15.5 Å². The summed E-state index contributed by atoms with van der Waals surface area (Å²) >= 11 is 0. The quantitative estimate of drug-likeness (QED) is 0.453. The summed E-state index contributed by atoms with van der Waals surface area (Å²) in [6.45, 7) is -0.0837. The first-order chi connectivity index (χ1) is 6.66. The van der Waals surface area contributed by atoms with Crippen LogP contribution in [0.15, 0.2) is 12.3 Å². The molecule has 1 aromatic rings. The van der Waals surface area contributed by atoms with Crippen molar-refractivity contribution in [3.63, 3.8) is 0 Å². The highest BCUT2D eigenvalue weighted by Crippen LogP contribution is 2.22. The van der Waals surface area contributed by atoms with Crippen LogP contribution in [-0.4, -0.2) is 34.7 Å². The van der Waals surface area contributed by atoms with Crippen molar-refractivity contribution in [2.24, 2.45) is 0 Å². The summed E-state index contributed by atoms with van der Waals surface area (Å²) in [5.74, 6) is 0.364. The van der Waals surface area contributed by atoms with Gasteiger partial charge >= 0.3 is 7.12 Å². The Balaban J connectivity index is 2.36. The Morgan fingerprint density at radius 1 is 1.57 bits per heavy atom. The second-order valence-electron chi connectivity index (χ2n) is 2.83. The highest BCUT2D eigenvalue weighted by molar-refractivity contribution is 6.58. The van der Waals surface area contributed by atoms with E-state index in [0.717, 1.165) is 0 Å². The number of hydrogen-bond donors (Lipinski definition) is 3. The summed E-state index contributed by atoms with van der Waals surface area (Å²) < 4.78 is 5.03. The Kier molecular flexibility index (Phi) is 2.10. The Hall–Kier alpha value is -1.60. The van der Waals surface area contributed by atoms with Gasteiger partial charge in [0, 0.05) is 11.7 Å². The standard InChI is InChI=1S/C7H7BN2O4/c11-6-3-14-5-1-4(8(12)13)2-9-7(5)10-6/h1-2,12-13H,3H2,(H,9,10,11). The molecule has 0 atom stereocenters. The normalized spacial score (nSPS) is 14.0. The fraction of sp³-hybridized carbons (Fsp3) is 0.143. The number of ether oxygens (including phenoxy) is 1. The topological polar surface area (TPSA) is 91.7 Å². The van der Waals surface area contributed by atoms with Crippen molar-refractivity contribution in [2.75, 3.05) is 11.9 Å². The van der Waals surface area contributed by atoms with Crippen LogP contribution in [0.3, 0.4) is 0 Å². The lowest BCUT2D eigenvalue weighted by Crippen LogP contribution is -2.33. The molecule has 0 aliphatic carbocycles. The van der Waals surface area contributed by atoms with Crippen LogP contribution in [0.1, 0.15) is 0 Å². The number of carbonyl (C=O) groups excluding carboxylic acids is 1. The van der Waals surface area contributed by atoms with Gasteiger partial charge in [-0.1, -0.05) is 0 Å². The van der Waals surface area contributed by atoms with Crippen LogP contribution in [0.5, 0.6) is 5.75 Å². The maximum absolute atomic E-state index is 10.9. The number of anilines is 1. The van der Waals surface area contributed by atoms with Gasteiger partial charge in [0.05, 0.1) is 0 Å². The molecule has 0 radical (unpaired) electrons. The molecule has 0 fully saturated rings. The smallest absolute Gasteiger partial charge is 0.480 e. The zero-order valence-corrected chi connectivity index (χ0v) is 7.10. The fourth-order valence-corrected chi connectivity index (χ4v) is 1.12. The van der Waals surface area contributed by atoms with Gasteiger partial charge in [-0.25, -0.2) is 4.98 Å². The molecule has 7 heteroatoms. The molecule has 2 heterocycles. The van der Waals surface area contributed by atoms with E-state index in [4.69, 9.17) is 14.8 Å². The number of carbonyl (C=O) groups is 1. The van der Waals surface area contributed by atoms with E-state index in [1.165, 1.54) is 12.3 Å².